The smallest absolute Gasteiger partial charge is 0.320 e. The Hall–Kier alpha value is -4.62. The van der Waals surface area contributed by atoms with Crippen LogP contribution in [0.15, 0.2) is 48.7 Å². The Kier molecular flexibility index (Phi) is 10.9. The van der Waals surface area contributed by atoms with Crippen molar-refractivity contribution in [1.82, 2.24) is 40.1 Å². The molecule has 4 heterocycles. The van der Waals surface area contributed by atoms with Crippen molar-refractivity contribution in [3.05, 3.63) is 77.1 Å². The Morgan fingerprint density at radius 1 is 1.00 bits per heavy atom. The molecule has 1 aromatic carbocycles. The molecule has 0 radical (unpaired) electrons. The van der Waals surface area contributed by atoms with E-state index in [9.17, 15) is 9.59 Å². The quantitative estimate of drug-likeness (QED) is 0.185. The standard InChI is InChI=1S/C37H49N9O4/c1-6-24(7-2)34-44-43-32-15-12-25(23-46(32)34)50-29-14-13-28(26-10-8-9-11-27(26)29)39-36(48)42-31-22-30(37(3,4)5)40-33(41-31)35(47)38-16-17-45-18-20-49-21-19-45/h8-12,15,22-24,28-29H,6-7,13-14,16-21H2,1-5H3,(H,38,47)(H2,39,40,41,42,48)/t28-,29+/m0/s1. The number of morpholine rings is 1. The normalized spacial score (nSPS) is 18.1. The molecule has 2 atom stereocenters. The lowest BCUT2D eigenvalue weighted by atomic mass is 9.85. The Bertz CT molecular complexity index is 1790. The largest absolute Gasteiger partial charge is 0.484 e. The van der Waals surface area contributed by atoms with Crippen molar-refractivity contribution in [3.63, 3.8) is 0 Å². The van der Waals surface area contributed by atoms with E-state index in [4.69, 9.17) is 9.47 Å². The number of aromatic nitrogens is 5. The highest BCUT2D eigenvalue weighted by atomic mass is 16.5. The maximum atomic E-state index is 13.4. The van der Waals surface area contributed by atoms with Gasteiger partial charge in [0.1, 0.15) is 23.5 Å². The number of benzene rings is 1. The van der Waals surface area contributed by atoms with Crippen LogP contribution in [0.5, 0.6) is 5.75 Å². The zero-order valence-corrected chi connectivity index (χ0v) is 29.7. The first-order valence-electron chi connectivity index (χ1n) is 17.8. The van der Waals surface area contributed by atoms with Crippen LogP contribution < -0.4 is 20.7 Å². The lowest BCUT2D eigenvalue weighted by Gasteiger charge is -2.32. The van der Waals surface area contributed by atoms with Gasteiger partial charge < -0.3 is 20.1 Å². The van der Waals surface area contributed by atoms with Gasteiger partial charge in [0.2, 0.25) is 5.82 Å². The monoisotopic (exact) mass is 683 g/mol. The third-order valence-corrected chi connectivity index (χ3v) is 9.53. The van der Waals surface area contributed by atoms with Crippen molar-refractivity contribution in [1.29, 1.82) is 0 Å². The lowest BCUT2D eigenvalue weighted by Crippen LogP contribution is -2.41. The van der Waals surface area contributed by atoms with Crippen LogP contribution in [0.25, 0.3) is 5.65 Å². The summed E-state index contributed by atoms with van der Waals surface area (Å²) in [5.74, 6) is 1.93. The molecule has 1 saturated heterocycles. The molecule has 0 unspecified atom stereocenters. The second-order valence-electron chi connectivity index (χ2n) is 14.1. The molecule has 0 saturated carbocycles. The number of hydrogen-bond donors (Lipinski definition) is 3. The molecule has 6 rings (SSSR count). The molecular formula is C37H49N9O4. The fraction of sp³-hybridized carbons (Fsp3) is 0.514. The van der Waals surface area contributed by atoms with E-state index in [0.29, 0.717) is 50.8 Å². The Balaban J connectivity index is 1.13. The van der Waals surface area contributed by atoms with E-state index >= 15 is 0 Å². The van der Waals surface area contributed by atoms with Gasteiger partial charge in [-0.15, -0.1) is 10.2 Å². The van der Waals surface area contributed by atoms with Crippen molar-refractivity contribution < 1.29 is 19.1 Å². The molecule has 0 bridgehead atoms. The topological polar surface area (TPSA) is 148 Å². The summed E-state index contributed by atoms with van der Waals surface area (Å²) in [6.07, 6.45) is 5.16. The molecule has 266 valence electrons. The number of pyridine rings is 1. The van der Waals surface area contributed by atoms with Crippen LogP contribution in [0.3, 0.4) is 0 Å². The highest BCUT2D eigenvalue weighted by Gasteiger charge is 2.30. The number of amides is 3. The van der Waals surface area contributed by atoms with Gasteiger partial charge in [-0.1, -0.05) is 58.9 Å². The zero-order chi connectivity index (χ0) is 35.3. The number of anilines is 1. The molecule has 13 heteroatoms. The number of hydrogen-bond acceptors (Lipinski definition) is 9. The van der Waals surface area contributed by atoms with Gasteiger partial charge >= 0.3 is 6.03 Å². The molecule has 1 aliphatic heterocycles. The summed E-state index contributed by atoms with van der Waals surface area (Å²) in [6.45, 7) is 14.6. The van der Waals surface area contributed by atoms with Crippen molar-refractivity contribution >= 4 is 23.4 Å². The number of ether oxygens (including phenoxy) is 2. The number of nitrogens with zero attached hydrogens (tertiary/aromatic N) is 6. The minimum absolute atomic E-state index is 0.0226. The molecule has 2 aliphatic rings. The van der Waals surface area contributed by atoms with Crippen LogP contribution in [-0.4, -0.2) is 80.8 Å². The number of rotatable bonds is 11. The molecule has 1 fully saturated rings. The third-order valence-electron chi connectivity index (χ3n) is 9.53. The molecule has 13 nitrogen and oxygen atoms in total. The summed E-state index contributed by atoms with van der Waals surface area (Å²) in [7, 11) is 0. The van der Waals surface area contributed by atoms with Gasteiger partial charge in [-0.05, 0) is 48.9 Å². The van der Waals surface area contributed by atoms with Crippen molar-refractivity contribution in [2.24, 2.45) is 0 Å². The summed E-state index contributed by atoms with van der Waals surface area (Å²) >= 11 is 0. The fourth-order valence-electron chi connectivity index (χ4n) is 6.62. The summed E-state index contributed by atoms with van der Waals surface area (Å²) in [5.41, 5.74) is 3.11. The molecule has 0 spiro atoms. The maximum Gasteiger partial charge on any atom is 0.320 e. The molecule has 3 amide bonds. The van der Waals surface area contributed by atoms with E-state index in [1.54, 1.807) is 6.07 Å². The Morgan fingerprint density at radius 3 is 2.50 bits per heavy atom. The number of carbonyl (C=O) groups is 2. The highest BCUT2D eigenvalue weighted by molar-refractivity contribution is 5.92. The zero-order valence-electron chi connectivity index (χ0n) is 29.7. The van der Waals surface area contributed by atoms with E-state index in [2.05, 4.69) is 60.9 Å². The van der Waals surface area contributed by atoms with E-state index in [-0.39, 0.29) is 35.1 Å². The number of fused-ring (bicyclic) bond motifs is 2. The summed E-state index contributed by atoms with van der Waals surface area (Å²) in [4.78, 5) is 37.8. The second-order valence-corrected chi connectivity index (χ2v) is 14.1. The van der Waals surface area contributed by atoms with Crippen molar-refractivity contribution in [2.75, 3.05) is 44.7 Å². The van der Waals surface area contributed by atoms with Crippen LogP contribution >= 0.6 is 0 Å². The fourth-order valence-corrected chi connectivity index (χ4v) is 6.62. The first kappa shape index (κ1) is 35.2. The molecular weight excluding hydrogens is 634 g/mol. The summed E-state index contributed by atoms with van der Waals surface area (Å²) < 4.78 is 14.0. The van der Waals surface area contributed by atoms with Gasteiger partial charge in [0.25, 0.3) is 5.91 Å². The van der Waals surface area contributed by atoms with E-state index in [1.807, 2.05) is 61.7 Å². The minimum atomic E-state index is -0.409. The Morgan fingerprint density at radius 2 is 1.76 bits per heavy atom. The first-order valence-corrected chi connectivity index (χ1v) is 17.8. The van der Waals surface area contributed by atoms with Crippen LogP contribution in [0, 0.1) is 0 Å². The lowest BCUT2D eigenvalue weighted by molar-refractivity contribution is 0.0383. The molecule has 4 aromatic rings. The molecule has 1 aliphatic carbocycles. The van der Waals surface area contributed by atoms with E-state index in [1.165, 1.54) is 0 Å². The average molecular weight is 684 g/mol. The number of urea groups is 1. The average Bonchev–Trinajstić information content (AvgIpc) is 3.53. The van der Waals surface area contributed by atoms with Crippen LogP contribution in [0.4, 0.5) is 10.6 Å². The molecule has 3 N–H and O–H groups in total. The predicted molar refractivity (Wildman–Crippen MR) is 191 cm³/mol. The van der Waals surface area contributed by atoms with Crippen LogP contribution in [0.1, 0.15) is 112 Å². The SMILES string of the molecule is CCC(CC)c1nnc2ccc(O[C@@H]3CC[C@H](NC(=O)Nc4cc(C(C)(C)C)nc(C(=O)NCCN5CCOCC5)n4)c4ccccc43)cn12. The van der Waals surface area contributed by atoms with E-state index in [0.717, 1.165) is 54.3 Å². The van der Waals surface area contributed by atoms with Crippen molar-refractivity contribution in [3.8, 4) is 5.75 Å². The highest BCUT2D eigenvalue weighted by Crippen LogP contribution is 2.39. The van der Waals surface area contributed by atoms with Gasteiger partial charge in [-0.3, -0.25) is 19.4 Å². The van der Waals surface area contributed by atoms with Crippen molar-refractivity contribution in [2.45, 2.75) is 83.8 Å². The van der Waals surface area contributed by atoms with Crippen LogP contribution in [-0.2, 0) is 10.2 Å². The molecule has 50 heavy (non-hydrogen) atoms. The maximum absolute atomic E-state index is 13.4. The summed E-state index contributed by atoms with van der Waals surface area (Å²) in [5, 5.41) is 17.8. The summed E-state index contributed by atoms with van der Waals surface area (Å²) in [6, 6.07) is 13.0. The second kappa shape index (κ2) is 15.5. The van der Waals surface area contributed by atoms with Crippen LogP contribution in [0.2, 0.25) is 0 Å². The van der Waals surface area contributed by atoms with Gasteiger partial charge in [0.15, 0.2) is 5.65 Å². The predicted octanol–water partition coefficient (Wildman–Crippen LogP) is 5.56. The minimum Gasteiger partial charge on any atom is -0.484 e. The first-order chi connectivity index (χ1) is 24.1. The number of nitrogens with one attached hydrogen (secondary N) is 3. The number of carbonyl (C=O) groups excluding carboxylic acids is 2. The van der Waals surface area contributed by atoms with Gasteiger partial charge in [-0.25, -0.2) is 14.8 Å². The molecule has 3 aromatic heterocycles. The van der Waals surface area contributed by atoms with Gasteiger partial charge in [0.05, 0.1) is 31.1 Å². The van der Waals surface area contributed by atoms with Gasteiger partial charge in [-0.2, -0.15) is 0 Å². The van der Waals surface area contributed by atoms with E-state index < -0.39 is 6.03 Å². The Labute approximate surface area is 293 Å². The third kappa shape index (κ3) is 8.22. The van der Waals surface area contributed by atoms with Gasteiger partial charge in [0, 0.05) is 43.6 Å².